The molecule has 1 aromatic rings. The van der Waals surface area contributed by atoms with Crippen molar-refractivity contribution >= 4 is 17.5 Å². The van der Waals surface area contributed by atoms with Gasteiger partial charge >= 0.3 is 0 Å². The van der Waals surface area contributed by atoms with Crippen LogP contribution in [0.2, 0.25) is 0 Å². The average Bonchev–Trinajstić information content (AvgIpc) is 2.58. The normalized spacial score (nSPS) is 20.5. The van der Waals surface area contributed by atoms with Crippen LogP contribution >= 0.6 is 0 Å². The molecule has 1 saturated carbocycles. The summed E-state index contributed by atoms with van der Waals surface area (Å²) < 4.78 is 26.5. The Kier molecular flexibility index (Phi) is 6.29. The highest BCUT2D eigenvalue weighted by Crippen LogP contribution is 2.31. The fourth-order valence-electron chi connectivity index (χ4n) is 3.22. The van der Waals surface area contributed by atoms with Crippen molar-refractivity contribution in [2.24, 2.45) is 11.8 Å². The molecular formula is C18H24F2N2O2. The molecule has 0 atom stereocenters. The summed E-state index contributed by atoms with van der Waals surface area (Å²) in [7, 11) is 0. The van der Waals surface area contributed by atoms with Crippen molar-refractivity contribution in [3.05, 3.63) is 29.8 Å². The Hall–Kier alpha value is -1.98. The van der Waals surface area contributed by atoms with Crippen LogP contribution in [0.1, 0.15) is 39.5 Å². The van der Waals surface area contributed by atoms with Gasteiger partial charge in [0.2, 0.25) is 11.8 Å². The molecule has 24 heavy (non-hydrogen) atoms. The predicted molar refractivity (Wildman–Crippen MR) is 88.4 cm³/mol. The van der Waals surface area contributed by atoms with Gasteiger partial charge in [0.1, 0.15) is 11.6 Å². The molecule has 6 heteroatoms. The van der Waals surface area contributed by atoms with Crippen LogP contribution in [0.25, 0.3) is 0 Å². The molecule has 1 N–H and O–H groups in total. The Labute approximate surface area is 141 Å². The van der Waals surface area contributed by atoms with E-state index in [0.29, 0.717) is 38.8 Å². The van der Waals surface area contributed by atoms with E-state index in [-0.39, 0.29) is 29.3 Å². The number of carbonyl (C=O) groups excluding carboxylic acids is 2. The van der Waals surface area contributed by atoms with Crippen molar-refractivity contribution in [3.8, 4) is 0 Å². The third kappa shape index (κ3) is 4.30. The topological polar surface area (TPSA) is 49.4 Å². The van der Waals surface area contributed by atoms with Crippen molar-refractivity contribution in [2.45, 2.75) is 39.5 Å². The minimum atomic E-state index is -0.784. The molecular weight excluding hydrogens is 314 g/mol. The number of nitrogens with zero attached hydrogens (tertiary/aromatic N) is 1. The van der Waals surface area contributed by atoms with Crippen LogP contribution in [0.4, 0.5) is 14.5 Å². The highest BCUT2D eigenvalue weighted by Gasteiger charge is 2.31. The van der Waals surface area contributed by atoms with Gasteiger partial charge in [0.25, 0.3) is 0 Å². The summed E-state index contributed by atoms with van der Waals surface area (Å²) in [5.74, 6) is -1.85. The molecule has 0 unspecified atom stereocenters. The number of rotatable bonds is 5. The van der Waals surface area contributed by atoms with E-state index in [9.17, 15) is 18.4 Å². The molecule has 0 bridgehead atoms. The summed E-state index contributed by atoms with van der Waals surface area (Å²) in [4.78, 5) is 26.4. The minimum Gasteiger partial charge on any atom is -0.343 e. The zero-order chi connectivity index (χ0) is 17.7. The quantitative estimate of drug-likeness (QED) is 0.892. The summed E-state index contributed by atoms with van der Waals surface area (Å²) >= 11 is 0. The van der Waals surface area contributed by atoms with Crippen LogP contribution in [-0.4, -0.2) is 29.8 Å². The lowest BCUT2D eigenvalue weighted by Gasteiger charge is -2.30. The molecule has 0 aromatic heterocycles. The van der Waals surface area contributed by atoms with E-state index in [1.807, 2.05) is 18.7 Å². The lowest BCUT2D eigenvalue weighted by atomic mass is 9.81. The molecule has 0 saturated heterocycles. The number of halogens is 2. The van der Waals surface area contributed by atoms with Crippen molar-refractivity contribution in [2.75, 3.05) is 18.4 Å². The van der Waals surface area contributed by atoms with Gasteiger partial charge < -0.3 is 10.2 Å². The van der Waals surface area contributed by atoms with Gasteiger partial charge in [0.05, 0.1) is 5.69 Å². The molecule has 2 amide bonds. The summed E-state index contributed by atoms with van der Waals surface area (Å²) in [6, 6.07) is 3.08. The number of hydrogen-bond donors (Lipinski definition) is 1. The van der Waals surface area contributed by atoms with E-state index in [1.54, 1.807) is 0 Å². The summed E-state index contributed by atoms with van der Waals surface area (Å²) in [6.45, 7) is 5.30. The number of anilines is 1. The van der Waals surface area contributed by atoms with Gasteiger partial charge in [-0.2, -0.15) is 0 Å². The van der Waals surface area contributed by atoms with E-state index in [2.05, 4.69) is 5.32 Å². The van der Waals surface area contributed by atoms with Gasteiger partial charge in [0.15, 0.2) is 0 Å². The largest absolute Gasteiger partial charge is 0.343 e. The van der Waals surface area contributed by atoms with Crippen LogP contribution in [-0.2, 0) is 9.59 Å². The molecule has 1 aliphatic rings. The van der Waals surface area contributed by atoms with Gasteiger partial charge in [-0.05, 0) is 51.7 Å². The molecule has 1 aliphatic carbocycles. The second kappa shape index (κ2) is 8.22. The lowest BCUT2D eigenvalue weighted by Crippen LogP contribution is -2.38. The van der Waals surface area contributed by atoms with Crippen molar-refractivity contribution in [1.82, 2.24) is 4.90 Å². The van der Waals surface area contributed by atoms with Crippen LogP contribution in [0.3, 0.4) is 0 Å². The van der Waals surface area contributed by atoms with Crippen molar-refractivity contribution < 1.29 is 18.4 Å². The van der Waals surface area contributed by atoms with Gasteiger partial charge in [0, 0.05) is 31.0 Å². The fraction of sp³-hybridized carbons (Fsp3) is 0.556. The highest BCUT2D eigenvalue weighted by atomic mass is 19.1. The number of hydrogen-bond acceptors (Lipinski definition) is 2. The molecule has 4 nitrogen and oxygen atoms in total. The summed E-state index contributed by atoms with van der Waals surface area (Å²) in [5, 5.41) is 2.52. The van der Waals surface area contributed by atoms with Crippen molar-refractivity contribution in [1.29, 1.82) is 0 Å². The monoisotopic (exact) mass is 338 g/mol. The van der Waals surface area contributed by atoms with Gasteiger partial charge in [-0.25, -0.2) is 8.78 Å². The fourth-order valence-corrected chi connectivity index (χ4v) is 3.22. The Bertz CT molecular complexity index is 595. The molecule has 0 heterocycles. The third-order valence-corrected chi connectivity index (χ3v) is 4.71. The smallest absolute Gasteiger partial charge is 0.227 e. The number of amides is 2. The highest BCUT2D eigenvalue weighted by molar-refractivity contribution is 5.92. The molecule has 0 radical (unpaired) electrons. The number of nitrogens with one attached hydrogen (secondary N) is 1. The Morgan fingerprint density at radius 1 is 1.08 bits per heavy atom. The molecule has 0 spiro atoms. The summed E-state index contributed by atoms with van der Waals surface area (Å²) in [5.41, 5.74) is -0.0114. The molecule has 1 aromatic carbocycles. The SMILES string of the molecule is CCN(CC)C(=O)C1CCC(C(=O)Nc2ccc(F)cc2F)CC1. The second-order valence-corrected chi connectivity index (χ2v) is 6.17. The van der Waals surface area contributed by atoms with E-state index >= 15 is 0 Å². The van der Waals surface area contributed by atoms with Crippen LogP contribution in [0.15, 0.2) is 18.2 Å². The molecule has 0 aliphatic heterocycles. The van der Waals surface area contributed by atoms with Gasteiger partial charge in [-0.3, -0.25) is 9.59 Å². The first-order valence-electron chi connectivity index (χ1n) is 8.50. The first-order valence-corrected chi connectivity index (χ1v) is 8.50. The summed E-state index contributed by atoms with van der Waals surface area (Å²) in [6.07, 6.45) is 2.54. The standard InChI is InChI=1S/C18H24F2N2O2/c1-3-22(4-2)18(24)13-7-5-12(6-8-13)17(23)21-16-10-9-14(19)11-15(16)20/h9-13H,3-8H2,1-2H3,(H,21,23). The van der Waals surface area contributed by atoms with E-state index in [4.69, 9.17) is 0 Å². The van der Waals surface area contributed by atoms with Crippen LogP contribution < -0.4 is 5.32 Å². The van der Waals surface area contributed by atoms with Gasteiger partial charge in [-0.15, -0.1) is 0 Å². The second-order valence-electron chi connectivity index (χ2n) is 6.17. The van der Waals surface area contributed by atoms with Crippen LogP contribution in [0, 0.1) is 23.5 Å². The maximum atomic E-state index is 13.6. The first-order chi connectivity index (χ1) is 11.5. The Balaban J connectivity index is 1.89. The lowest BCUT2D eigenvalue weighted by molar-refractivity contribution is -0.137. The van der Waals surface area contributed by atoms with Crippen LogP contribution in [0.5, 0.6) is 0 Å². The zero-order valence-corrected chi connectivity index (χ0v) is 14.1. The molecule has 1 fully saturated rings. The first kappa shape index (κ1) is 18.4. The number of carbonyl (C=O) groups is 2. The Morgan fingerprint density at radius 2 is 1.67 bits per heavy atom. The molecule has 2 rings (SSSR count). The average molecular weight is 338 g/mol. The van der Waals surface area contributed by atoms with E-state index in [0.717, 1.165) is 12.1 Å². The minimum absolute atomic E-state index is 0.0114. The Morgan fingerprint density at radius 3 is 2.21 bits per heavy atom. The zero-order valence-electron chi connectivity index (χ0n) is 14.1. The van der Waals surface area contributed by atoms with Crippen molar-refractivity contribution in [3.63, 3.8) is 0 Å². The maximum absolute atomic E-state index is 13.6. The molecule has 132 valence electrons. The number of benzene rings is 1. The predicted octanol–water partition coefficient (Wildman–Crippen LogP) is 3.58. The van der Waals surface area contributed by atoms with E-state index < -0.39 is 11.6 Å². The van der Waals surface area contributed by atoms with E-state index in [1.165, 1.54) is 6.07 Å². The maximum Gasteiger partial charge on any atom is 0.227 e. The van der Waals surface area contributed by atoms with Gasteiger partial charge in [-0.1, -0.05) is 0 Å². The third-order valence-electron chi connectivity index (χ3n) is 4.71.